The minimum absolute atomic E-state index is 0.0363. The summed E-state index contributed by atoms with van der Waals surface area (Å²) in [4.78, 5) is 0.811. The van der Waals surface area contributed by atoms with Gasteiger partial charge in [-0.05, 0) is 19.8 Å². The Morgan fingerprint density at radius 2 is 2.40 bits per heavy atom. The van der Waals surface area contributed by atoms with Crippen LogP contribution in [0.25, 0.3) is 4.96 Å². The lowest BCUT2D eigenvalue weighted by Crippen LogP contribution is -2.58. The second-order valence-corrected chi connectivity index (χ2v) is 6.63. The molecule has 20 heavy (non-hydrogen) atoms. The van der Waals surface area contributed by atoms with Crippen molar-refractivity contribution in [2.24, 2.45) is 0 Å². The van der Waals surface area contributed by atoms with E-state index in [0.29, 0.717) is 6.61 Å². The molecule has 4 rings (SSSR count). The van der Waals surface area contributed by atoms with Crippen LogP contribution < -0.4 is 5.32 Å². The second kappa shape index (κ2) is 4.73. The van der Waals surface area contributed by atoms with Crippen LogP contribution in [-0.4, -0.2) is 45.1 Å². The summed E-state index contributed by atoms with van der Waals surface area (Å²) in [5.41, 5.74) is -0.0522. The summed E-state index contributed by atoms with van der Waals surface area (Å²) < 4.78 is 13.4. The van der Waals surface area contributed by atoms with Crippen LogP contribution in [0.5, 0.6) is 0 Å². The molecule has 1 atom stereocenters. The van der Waals surface area contributed by atoms with Crippen LogP contribution in [0.2, 0.25) is 0 Å². The fraction of sp³-hybridized carbons (Fsp3) is 0.750. The first kappa shape index (κ1) is 12.6. The zero-order chi connectivity index (χ0) is 13.6. The van der Waals surface area contributed by atoms with Gasteiger partial charge in [0, 0.05) is 19.7 Å². The van der Waals surface area contributed by atoms with Crippen LogP contribution in [0.3, 0.4) is 0 Å². The van der Waals surface area contributed by atoms with Crippen LogP contribution in [-0.2, 0) is 16.1 Å². The molecule has 2 aliphatic rings. The predicted molar refractivity (Wildman–Crippen MR) is 72.6 cm³/mol. The standard InChI is InChI=1S/C12H17N5O2S/c1-12(6-13-7-12)19-5-9-16-17-10(8-3-2-4-18-8)14-15-11(17)20-9/h8,13H,2-7H2,1H3. The largest absolute Gasteiger partial charge is 0.370 e. The van der Waals surface area contributed by atoms with Crippen LogP contribution in [0.1, 0.15) is 36.7 Å². The van der Waals surface area contributed by atoms with Crippen LogP contribution in [0.15, 0.2) is 0 Å². The summed E-state index contributed by atoms with van der Waals surface area (Å²) in [5, 5.41) is 17.1. The van der Waals surface area contributed by atoms with Gasteiger partial charge in [0.25, 0.3) is 0 Å². The van der Waals surface area contributed by atoms with Crippen LogP contribution in [0, 0.1) is 0 Å². The monoisotopic (exact) mass is 295 g/mol. The molecule has 2 fully saturated rings. The lowest BCUT2D eigenvalue weighted by Gasteiger charge is -2.38. The fourth-order valence-corrected chi connectivity index (χ4v) is 3.28. The molecule has 7 nitrogen and oxygen atoms in total. The fourth-order valence-electron chi connectivity index (χ4n) is 2.53. The molecule has 108 valence electrons. The average molecular weight is 295 g/mol. The second-order valence-electron chi connectivity index (χ2n) is 5.59. The summed E-state index contributed by atoms with van der Waals surface area (Å²) in [6, 6.07) is 0. The maximum Gasteiger partial charge on any atom is 0.234 e. The number of hydrogen-bond donors (Lipinski definition) is 1. The summed E-state index contributed by atoms with van der Waals surface area (Å²) in [6.07, 6.45) is 2.10. The number of nitrogens with zero attached hydrogens (tertiary/aromatic N) is 4. The van der Waals surface area contributed by atoms with E-state index >= 15 is 0 Å². The topological polar surface area (TPSA) is 73.6 Å². The van der Waals surface area contributed by atoms with Gasteiger partial charge in [-0.15, -0.1) is 10.2 Å². The molecule has 2 aromatic heterocycles. The zero-order valence-electron chi connectivity index (χ0n) is 11.3. The maximum atomic E-state index is 5.91. The summed E-state index contributed by atoms with van der Waals surface area (Å²) in [6.45, 7) is 5.24. The molecule has 0 aromatic carbocycles. The lowest BCUT2D eigenvalue weighted by atomic mass is 10.0. The first-order chi connectivity index (χ1) is 9.73. The molecule has 0 radical (unpaired) electrons. The molecule has 2 saturated heterocycles. The third kappa shape index (κ3) is 2.12. The number of fused-ring (bicyclic) bond motifs is 1. The average Bonchev–Trinajstić information content (AvgIpc) is 3.09. The highest BCUT2D eigenvalue weighted by molar-refractivity contribution is 7.16. The molecule has 1 unspecified atom stereocenters. The Kier molecular flexibility index (Phi) is 2.99. The Labute approximate surface area is 120 Å². The van der Waals surface area contributed by atoms with Gasteiger partial charge in [0.1, 0.15) is 17.7 Å². The third-order valence-electron chi connectivity index (χ3n) is 3.82. The highest BCUT2D eigenvalue weighted by atomic mass is 32.1. The van der Waals surface area contributed by atoms with Crippen molar-refractivity contribution in [3.8, 4) is 0 Å². The molecule has 0 saturated carbocycles. The first-order valence-corrected chi connectivity index (χ1v) is 7.72. The quantitative estimate of drug-likeness (QED) is 0.904. The van der Waals surface area contributed by atoms with Gasteiger partial charge in [-0.25, -0.2) is 0 Å². The predicted octanol–water partition coefficient (Wildman–Crippen LogP) is 0.916. The normalized spacial score (nSPS) is 25.1. The zero-order valence-corrected chi connectivity index (χ0v) is 12.2. The summed E-state index contributed by atoms with van der Waals surface area (Å²) in [7, 11) is 0. The molecule has 8 heteroatoms. The van der Waals surface area contributed by atoms with E-state index in [1.165, 1.54) is 11.3 Å². The van der Waals surface area contributed by atoms with Crippen molar-refractivity contribution in [1.29, 1.82) is 0 Å². The van der Waals surface area contributed by atoms with Gasteiger partial charge in [0.2, 0.25) is 4.96 Å². The van der Waals surface area contributed by atoms with E-state index < -0.39 is 0 Å². The molecule has 0 bridgehead atoms. The molecule has 0 aliphatic carbocycles. The molecule has 2 aromatic rings. The number of ether oxygens (including phenoxy) is 2. The van der Waals surface area contributed by atoms with Gasteiger partial charge in [-0.1, -0.05) is 11.3 Å². The number of aromatic nitrogens is 4. The Balaban J connectivity index is 1.53. The van der Waals surface area contributed by atoms with Gasteiger partial charge in [0.15, 0.2) is 5.82 Å². The highest BCUT2D eigenvalue weighted by Crippen LogP contribution is 2.28. The molecule has 2 aliphatic heterocycles. The molecule has 0 spiro atoms. The van der Waals surface area contributed by atoms with Crippen molar-refractivity contribution in [3.05, 3.63) is 10.8 Å². The molecule has 1 N–H and O–H groups in total. The van der Waals surface area contributed by atoms with Crippen LogP contribution in [0.4, 0.5) is 0 Å². The smallest absolute Gasteiger partial charge is 0.234 e. The minimum atomic E-state index is -0.0522. The van der Waals surface area contributed by atoms with E-state index in [1.54, 1.807) is 4.52 Å². The van der Waals surface area contributed by atoms with Crippen molar-refractivity contribution in [3.63, 3.8) is 0 Å². The third-order valence-corrected chi connectivity index (χ3v) is 4.69. The van der Waals surface area contributed by atoms with E-state index in [9.17, 15) is 0 Å². The Bertz CT molecular complexity index is 614. The minimum Gasteiger partial charge on any atom is -0.370 e. The first-order valence-electron chi connectivity index (χ1n) is 6.91. The van der Waals surface area contributed by atoms with Gasteiger partial charge in [-0.2, -0.15) is 9.61 Å². The molecule has 0 amide bonds. The maximum absolute atomic E-state index is 5.91. The summed E-state index contributed by atoms with van der Waals surface area (Å²) in [5.74, 6) is 0.816. The lowest BCUT2D eigenvalue weighted by molar-refractivity contribution is -0.0769. The Morgan fingerprint density at radius 1 is 1.50 bits per heavy atom. The Hall–Kier alpha value is -1.09. The van der Waals surface area contributed by atoms with Crippen LogP contribution >= 0.6 is 11.3 Å². The van der Waals surface area contributed by atoms with Crippen molar-refractivity contribution >= 4 is 16.3 Å². The van der Waals surface area contributed by atoms with E-state index in [-0.39, 0.29) is 11.7 Å². The van der Waals surface area contributed by atoms with E-state index in [4.69, 9.17) is 9.47 Å². The van der Waals surface area contributed by atoms with Gasteiger partial charge in [0.05, 0.1) is 5.60 Å². The van der Waals surface area contributed by atoms with Gasteiger partial charge in [-0.3, -0.25) is 0 Å². The van der Waals surface area contributed by atoms with Crippen molar-refractivity contribution in [2.75, 3.05) is 19.7 Å². The number of rotatable bonds is 4. The van der Waals surface area contributed by atoms with Gasteiger partial charge >= 0.3 is 0 Å². The van der Waals surface area contributed by atoms with E-state index in [2.05, 4.69) is 27.5 Å². The highest BCUT2D eigenvalue weighted by Gasteiger charge is 2.33. The molecule has 4 heterocycles. The SMILES string of the molecule is CC1(OCc2nn3c(C4CCCO4)nnc3s2)CNC1. The van der Waals surface area contributed by atoms with E-state index in [1.807, 2.05) is 0 Å². The molecular weight excluding hydrogens is 278 g/mol. The van der Waals surface area contributed by atoms with E-state index in [0.717, 1.165) is 48.3 Å². The Morgan fingerprint density at radius 3 is 3.10 bits per heavy atom. The number of hydrogen-bond acceptors (Lipinski definition) is 7. The van der Waals surface area contributed by atoms with Crippen molar-refractivity contribution < 1.29 is 9.47 Å². The summed E-state index contributed by atoms with van der Waals surface area (Å²) >= 11 is 1.53. The molecular formula is C12H17N5O2S. The number of nitrogens with one attached hydrogen (secondary N) is 1. The van der Waals surface area contributed by atoms with Crippen molar-refractivity contribution in [2.45, 2.75) is 38.1 Å². The van der Waals surface area contributed by atoms with Crippen molar-refractivity contribution in [1.82, 2.24) is 25.1 Å². The van der Waals surface area contributed by atoms with Gasteiger partial charge < -0.3 is 14.8 Å².